The summed E-state index contributed by atoms with van der Waals surface area (Å²) in [6, 6.07) is 4.40. The van der Waals surface area contributed by atoms with E-state index in [1.807, 2.05) is 0 Å². The van der Waals surface area contributed by atoms with Crippen molar-refractivity contribution < 1.29 is 22.7 Å². The second-order valence-corrected chi connectivity index (χ2v) is 4.90. The number of carbonyl (C=O) groups excluding carboxylic acids is 1. The number of ether oxygens (including phenoxy) is 1. The lowest BCUT2D eigenvalue weighted by atomic mass is 10.1. The molecule has 0 saturated carbocycles. The average molecular weight is 328 g/mol. The van der Waals surface area contributed by atoms with Crippen LogP contribution in [0.1, 0.15) is 31.5 Å². The molecule has 0 aliphatic rings. The normalized spacial score (nSPS) is 14.1. The van der Waals surface area contributed by atoms with E-state index in [4.69, 9.17) is 0 Å². The van der Waals surface area contributed by atoms with E-state index in [9.17, 15) is 18.0 Å². The molecular weight excluding hydrogens is 313 g/mol. The third-order valence-corrected chi connectivity index (χ3v) is 3.19. The van der Waals surface area contributed by atoms with Crippen molar-refractivity contribution in [2.45, 2.75) is 32.3 Å². The van der Waals surface area contributed by atoms with Gasteiger partial charge in [0.15, 0.2) is 0 Å². The predicted molar refractivity (Wildman–Crippen MR) is 74.4 cm³/mol. The first-order valence-corrected chi connectivity index (χ1v) is 6.76. The zero-order valence-electron chi connectivity index (χ0n) is 12.4. The van der Waals surface area contributed by atoms with Gasteiger partial charge in [-0.15, -0.1) is 13.2 Å². The Kier molecular flexibility index (Phi) is 4.87. The Morgan fingerprint density at radius 1 is 1.26 bits per heavy atom. The highest BCUT2D eigenvalue weighted by Gasteiger charge is 2.31. The fraction of sp³-hybridized carbons (Fsp3) is 0.357. The third kappa shape index (κ3) is 4.70. The Hall–Kier alpha value is -2.58. The first-order valence-electron chi connectivity index (χ1n) is 6.76. The van der Waals surface area contributed by atoms with Crippen LogP contribution in [-0.4, -0.2) is 27.0 Å². The molecule has 6 nitrogen and oxygen atoms in total. The lowest BCUT2D eigenvalue weighted by Gasteiger charge is -2.18. The lowest BCUT2D eigenvalue weighted by molar-refractivity contribution is -0.274. The maximum absolute atomic E-state index is 12.1. The molecule has 1 heterocycles. The second-order valence-electron chi connectivity index (χ2n) is 4.90. The van der Waals surface area contributed by atoms with Gasteiger partial charge < -0.3 is 10.1 Å². The maximum atomic E-state index is 12.1. The maximum Gasteiger partial charge on any atom is 0.573 e. The minimum Gasteiger partial charge on any atom is -0.406 e. The highest BCUT2D eigenvalue weighted by atomic mass is 19.4. The van der Waals surface area contributed by atoms with Gasteiger partial charge in [0.2, 0.25) is 5.91 Å². The number of benzene rings is 1. The summed E-state index contributed by atoms with van der Waals surface area (Å²) in [5, 5.41) is 6.65. The molecule has 0 radical (unpaired) electrons. The van der Waals surface area contributed by atoms with Crippen LogP contribution in [-0.2, 0) is 4.79 Å². The number of aromatic nitrogens is 3. The van der Waals surface area contributed by atoms with Crippen LogP contribution in [0.15, 0.2) is 36.9 Å². The molecule has 1 aromatic carbocycles. The Morgan fingerprint density at radius 2 is 1.91 bits per heavy atom. The summed E-state index contributed by atoms with van der Waals surface area (Å²) < 4.78 is 41.5. The molecule has 1 amide bonds. The van der Waals surface area contributed by atoms with Gasteiger partial charge >= 0.3 is 6.36 Å². The van der Waals surface area contributed by atoms with Crippen molar-refractivity contribution in [3.05, 3.63) is 42.5 Å². The molecule has 23 heavy (non-hydrogen) atoms. The van der Waals surface area contributed by atoms with Gasteiger partial charge in [-0.05, 0) is 31.5 Å². The van der Waals surface area contributed by atoms with Crippen molar-refractivity contribution >= 4 is 5.91 Å². The van der Waals surface area contributed by atoms with Gasteiger partial charge in [0.1, 0.15) is 24.4 Å². The minimum absolute atomic E-state index is 0.279. The molecule has 0 spiro atoms. The van der Waals surface area contributed by atoms with E-state index in [2.05, 4.69) is 20.1 Å². The first kappa shape index (κ1) is 16.8. The summed E-state index contributed by atoms with van der Waals surface area (Å²) in [5.41, 5.74) is 0.652. The zero-order chi connectivity index (χ0) is 17.0. The molecule has 0 aliphatic heterocycles. The van der Waals surface area contributed by atoms with E-state index in [-0.39, 0.29) is 17.7 Å². The third-order valence-electron chi connectivity index (χ3n) is 3.19. The van der Waals surface area contributed by atoms with E-state index >= 15 is 0 Å². The molecule has 0 unspecified atom stereocenters. The van der Waals surface area contributed by atoms with Gasteiger partial charge in [-0.1, -0.05) is 12.1 Å². The molecule has 2 rings (SSSR count). The minimum atomic E-state index is -4.73. The smallest absolute Gasteiger partial charge is 0.406 e. The van der Waals surface area contributed by atoms with Crippen LogP contribution in [0.2, 0.25) is 0 Å². The summed E-state index contributed by atoms with van der Waals surface area (Å²) in [7, 11) is 0. The van der Waals surface area contributed by atoms with Gasteiger partial charge in [0.25, 0.3) is 0 Å². The topological polar surface area (TPSA) is 69.0 Å². The van der Waals surface area contributed by atoms with E-state index in [1.54, 1.807) is 13.8 Å². The van der Waals surface area contributed by atoms with Crippen molar-refractivity contribution in [2.75, 3.05) is 0 Å². The van der Waals surface area contributed by atoms with Crippen molar-refractivity contribution in [3.63, 3.8) is 0 Å². The van der Waals surface area contributed by atoms with Gasteiger partial charge in [0.05, 0.1) is 6.04 Å². The molecule has 1 aromatic heterocycles. The molecule has 0 aliphatic carbocycles. The molecule has 2 aromatic rings. The molecule has 2 atom stereocenters. The number of carbonyl (C=O) groups is 1. The van der Waals surface area contributed by atoms with Crippen molar-refractivity contribution in [2.24, 2.45) is 0 Å². The van der Waals surface area contributed by atoms with Crippen LogP contribution in [0.5, 0.6) is 5.75 Å². The largest absolute Gasteiger partial charge is 0.573 e. The fourth-order valence-corrected chi connectivity index (χ4v) is 1.91. The SMILES string of the molecule is C[C@H](NC(=O)[C@H](C)n1cncn1)c1ccc(OC(F)(F)F)cc1. The van der Waals surface area contributed by atoms with E-state index in [1.165, 1.54) is 41.6 Å². The Labute approximate surface area is 130 Å². The first-order chi connectivity index (χ1) is 10.8. The Balaban J connectivity index is 1.97. The average Bonchev–Trinajstić information content (AvgIpc) is 2.99. The molecule has 1 N–H and O–H groups in total. The summed E-state index contributed by atoms with van der Waals surface area (Å²) >= 11 is 0. The summed E-state index contributed by atoms with van der Waals surface area (Å²) in [6.07, 6.45) is -1.97. The zero-order valence-corrected chi connectivity index (χ0v) is 12.4. The number of alkyl halides is 3. The number of nitrogens with one attached hydrogen (secondary N) is 1. The van der Waals surface area contributed by atoms with Crippen LogP contribution in [0.4, 0.5) is 13.2 Å². The molecule has 0 saturated heterocycles. The van der Waals surface area contributed by atoms with Crippen LogP contribution >= 0.6 is 0 Å². The number of halogens is 3. The standard InChI is InChI=1S/C14H15F3N4O2/c1-9(20-13(22)10(2)21-8-18-7-19-21)11-3-5-12(6-4-11)23-14(15,16)17/h3-10H,1-2H3,(H,20,22)/t9-,10-/m0/s1. The molecule has 9 heteroatoms. The summed E-state index contributed by atoms with van der Waals surface area (Å²) in [4.78, 5) is 15.9. The lowest BCUT2D eigenvalue weighted by Crippen LogP contribution is -2.33. The second kappa shape index (κ2) is 6.67. The van der Waals surface area contributed by atoms with Crippen LogP contribution in [0.3, 0.4) is 0 Å². The Morgan fingerprint density at radius 3 is 2.43 bits per heavy atom. The number of hydrogen-bond donors (Lipinski definition) is 1. The summed E-state index contributed by atoms with van der Waals surface area (Å²) in [6.45, 7) is 3.39. The van der Waals surface area contributed by atoms with E-state index in [0.29, 0.717) is 5.56 Å². The summed E-state index contributed by atoms with van der Waals surface area (Å²) in [5.74, 6) is -0.589. The monoisotopic (exact) mass is 328 g/mol. The highest BCUT2D eigenvalue weighted by Crippen LogP contribution is 2.24. The predicted octanol–water partition coefficient (Wildman–Crippen LogP) is 2.62. The van der Waals surface area contributed by atoms with Crippen LogP contribution in [0.25, 0.3) is 0 Å². The number of hydrogen-bond acceptors (Lipinski definition) is 4. The quantitative estimate of drug-likeness (QED) is 0.916. The van der Waals surface area contributed by atoms with Gasteiger partial charge in [-0.2, -0.15) is 5.10 Å². The van der Waals surface area contributed by atoms with Crippen molar-refractivity contribution in [1.29, 1.82) is 0 Å². The number of amides is 1. The molecule has 124 valence electrons. The van der Waals surface area contributed by atoms with Crippen LogP contribution < -0.4 is 10.1 Å². The van der Waals surface area contributed by atoms with Crippen molar-refractivity contribution in [3.8, 4) is 5.75 Å². The van der Waals surface area contributed by atoms with Crippen LogP contribution in [0, 0.1) is 0 Å². The van der Waals surface area contributed by atoms with Gasteiger partial charge in [-0.3, -0.25) is 4.79 Å². The molecule has 0 bridgehead atoms. The Bertz CT molecular complexity index is 641. The molecular formula is C14H15F3N4O2. The van der Waals surface area contributed by atoms with Gasteiger partial charge in [0, 0.05) is 0 Å². The van der Waals surface area contributed by atoms with Gasteiger partial charge in [-0.25, -0.2) is 9.67 Å². The molecule has 0 fully saturated rings. The highest BCUT2D eigenvalue weighted by molar-refractivity contribution is 5.80. The van der Waals surface area contributed by atoms with Crippen molar-refractivity contribution in [1.82, 2.24) is 20.1 Å². The fourth-order valence-electron chi connectivity index (χ4n) is 1.91. The number of nitrogens with zero attached hydrogens (tertiary/aromatic N) is 3. The van der Waals surface area contributed by atoms with E-state index in [0.717, 1.165) is 0 Å². The van der Waals surface area contributed by atoms with E-state index < -0.39 is 12.4 Å². The number of rotatable bonds is 5.